The minimum atomic E-state index is -0.00536. The third kappa shape index (κ3) is 4.04. The summed E-state index contributed by atoms with van der Waals surface area (Å²) in [6.45, 7) is 0. The van der Waals surface area contributed by atoms with E-state index in [0.717, 1.165) is 22.6 Å². The first-order valence-electron chi connectivity index (χ1n) is 7.57. The van der Waals surface area contributed by atoms with Crippen LogP contribution in [0.2, 0.25) is 5.02 Å². The molecule has 134 valence electrons. The van der Waals surface area contributed by atoms with Gasteiger partial charge in [0.1, 0.15) is 17.3 Å². The molecule has 0 radical (unpaired) electrons. The highest BCUT2D eigenvalue weighted by Gasteiger charge is 2.11. The van der Waals surface area contributed by atoms with E-state index in [1.54, 1.807) is 19.2 Å². The Kier molecular flexibility index (Phi) is 5.24. The second-order valence-electron chi connectivity index (χ2n) is 5.39. The first-order valence-corrected chi connectivity index (χ1v) is 8.76. The van der Waals surface area contributed by atoms with E-state index in [4.69, 9.17) is 27.2 Å². The number of benzene rings is 2. The third-order valence-electron chi connectivity index (χ3n) is 3.54. The van der Waals surface area contributed by atoms with Crippen LogP contribution in [0.3, 0.4) is 0 Å². The van der Waals surface area contributed by atoms with Crippen molar-refractivity contribution in [1.82, 2.24) is 9.78 Å². The second kappa shape index (κ2) is 7.59. The molecule has 4 N–H and O–H groups in total. The molecule has 0 aliphatic heterocycles. The van der Waals surface area contributed by atoms with Crippen LogP contribution < -0.4 is 14.9 Å². The summed E-state index contributed by atoms with van der Waals surface area (Å²) in [5.41, 5.74) is 1.53. The van der Waals surface area contributed by atoms with E-state index in [-0.39, 0.29) is 27.8 Å². The van der Waals surface area contributed by atoms with Crippen LogP contribution in [0.15, 0.2) is 42.5 Å². The largest absolute Gasteiger partial charge is 0.506 e. The normalized spacial score (nSPS) is 10.5. The monoisotopic (exact) mass is 389 g/mol. The van der Waals surface area contributed by atoms with E-state index in [0.29, 0.717) is 10.9 Å². The highest BCUT2D eigenvalue weighted by Crippen LogP contribution is 2.24. The van der Waals surface area contributed by atoms with Crippen molar-refractivity contribution in [1.29, 1.82) is 10.8 Å². The lowest BCUT2D eigenvalue weighted by molar-refractivity contribution is 0.415. The molecule has 0 aliphatic rings. The summed E-state index contributed by atoms with van der Waals surface area (Å²) in [7, 11) is 1.59. The van der Waals surface area contributed by atoms with E-state index in [9.17, 15) is 5.11 Å². The smallest absolute Gasteiger partial charge is 0.210 e. The quantitative estimate of drug-likeness (QED) is 0.395. The molecule has 0 atom stereocenters. The number of nitrogens with zero attached hydrogens (tertiary/aromatic N) is 2. The van der Waals surface area contributed by atoms with Gasteiger partial charge in [0, 0.05) is 18.2 Å². The fourth-order valence-electron chi connectivity index (χ4n) is 2.28. The maximum absolute atomic E-state index is 9.47. The van der Waals surface area contributed by atoms with Crippen LogP contribution >= 0.6 is 22.9 Å². The molecule has 2 aromatic carbocycles. The molecule has 0 bridgehead atoms. The zero-order valence-electron chi connectivity index (χ0n) is 13.8. The number of hydrogen-bond acceptors (Lipinski definition) is 7. The van der Waals surface area contributed by atoms with Crippen LogP contribution in [0, 0.1) is 10.8 Å². The summed E-state index contributed by atoms with van der Waals surface area (Å²) in [6.07, 6.45) is 0.235. The number of hydrogen-bond donors (Lipinski definition) is 4. The number of rotatable bonds is 5. The zero-order valence-corrected chi connectivity index (χ0v) is 15.4. The van der Waals surface area contributed by atoms with Crippen molar-refractivity contribution < 1.29 is 9.84 Å². The Hall–Kier alpha value is -2.84. The Morgan fingerprint density at radius 1 is 1.35 bits per heavy atom. The molecule has 26 heavy (non-hydrogen) atoms. The van der Waals surface area contributed by atoms with Crippen molar-refractivity contribution >= 4 is 39.6 Å². The van der Waals surface area contributed by atoms with Gasteiger partial charge in [-0.25, -0.2) is 0 Å². The van der Waals surface area contributed by atoms with Crippen LogP contribution in [0.4, 0.5) is 10.8 Å². The maximum Gasteiger partial charge on any atom is 0.210 e. The molecule has 1 aromatic heterocycles. The van der Waals surface area contributed by atoms with Crippen molar-refractivity contribution in [3.05, 3.63) is 57.9 Å². The molecular formula is C17H16ClN5O2S. The molecule has 0 amide bonds. The first-order chi connectivity index (χ1) is 12.5. The lowest BCUT2D eigenvalue weighted by Gasteiger charge is -2.06. The molecule has 9 heteroatoms. The predicted molar refractivity (Wildman–Crippen MR) is 102 cm³/mol. The molecule has 1 heterocycles. The summed E-state index contributed by atoms with van der Waals surface area (Å²) in [6, 6.07) is 12.1. The molecule has 3 aromatic rings. The van der Waals surface area contributed by atoms with Crippen LogP contribution in [0.5, 0.6) is 11.5 Å². The predicted octanol–water partition coefficient (Wildman–Crippen LogP) is 3.60. The van der Waals surface area contributed by atoms with E-state index in [2.05, 4.69) is 10.4 Å². The molecular weight excluding hydrogens is 374 g/mol. The van der Waals surface area contributed by atoms with E-state index in [1.807, 2.05) is 24.3 Å². The van der Waals surface area contributed by atoms with Crippen LogP contribution in [-0.4, -0.2) is 27.8 Å². The number of ether oxygens (including phenoxy) is 1. The number of anilines is 2. The topological polar surface area (TPSA) is 107 Å². The number of aromatic hydroxyl groups is 1. The Morgan fingerprint density at radius 2 is 2.15 bits per heavy atom. The van der Waals surface area contributed by atoms with E-state index in [1.165, 1.54) is 10.7 Å². The summed E-state index contributed by atoms with van der Waals surface area (Å²) in [4.78, 5) is 0.130. The highest BCUT2D eigenvalue weighted by molar-refractivity contribution is 7.13. The van der Waals surface area contributed by atoms with Crippen molar-refractivity contribution in [3.63, 3.8) is 0 Å². The first kappa shape index (κ1) is 18.0. The fourth-order valence-corrected chi connectivity index (χ4v) is 3.19. The number of nitrogens with one attached hydrogen (secondary N) is 3. The van der Waals surface area contributed by atoms with Gasteiger partial charge in [0.2, 0.25) is 9.93 Å². The molecule has 0 saturated carbocycles. The lowest BCUT2D eigenvalue weighted by atomic mass is 10.1. The number of halogens is 1. The van der Waals surface area contributed by atoms with Crippen LogP contribution in [-0.2, 0) is 6.42 Å². The van der Waals surface area contributed by atoms with Crippen molar-refractivity contribution in [2.24, 2.45) is 0 Å². The fraction of sp³-hybridized carbons (Fsp3) is 0.118. The van der Waals surface area contributed by atoms with E-state index >= 15 is 0 Å². The van der Waals surface area contributed by atoms with Crippen LogP contribution in [0.25, 0.3) is 0 Å². The number of phenolic OH excluding ortho intramolecular Hbond substituents is 1. The van der Waals surface area contributed by atoms with Gasteiger partial charge in [-0.15, -0.1) is 5.10 Å². The van der Waals surface area contributed by atoms with Crippen LogP contribution in [0.1, 0.15) is 5.56 Å². The van der Waals surface area contributed by atoms with Gasteiger partial charge in [-0.05, 0) is 29.8 Å². The average molecular weight is 390 g/mol. The molecule has 0 fully saturated rings. The molecule has 3 rings (SSSR count). The van der Waals surface area contributed by atoms with Gasteiger partial charge in [-0.2, -0.15) is 4.68 Å². The Morgan fingerprint density at radius 3 is 2.88 bits per heavy atom. The zero-order chi connectivity index (χ0) is 18.7. The Labute approximate surface area is 158 Å². The maximum atomic E-state index is 9.47. The molecule has 0 aliphatic carbocycles. The van der Waals surface area contributed by atoms with Crippen molar-refractivity contribution in [2.75, 3.05) is 12.4 Å². The lowest BCUT2D eigenvalue weighted by Crippen LogP contribution is -2.25. The van der Waals surface area contributed by atoms with Gasteiger partial charge < -0.3 is 15.2 Å². The van der Waals surface area contributed by atoms with Gasteiger partial charge in [0.05, 0.1) is 12.1 Å². The SMILES string of the molecule is COc1cccc(Nc2nn(C(=N)Cc3ccc(O)c(Cl)c3)c(=N)s2)c1. The van der Waals surface area contributed by atoms with Gasteiger partial charge in [0.25, 0.3) is 0 Å². The van der Waals surface area contributed by atoms with Gasteiger partial charge in [-0.3, -0.25) is 10.8 Å². The summed E-state index contributed by atoms with van der Waals surface area (Å²) >= 11 is 7.02. The standard InChI is InChI=1S/C17H16ClN5O2S/c1-25-12-4-2-3-11(9-12)21-17-22-23(16(20)26-17)15(19)8-10-5-6-14(24)13(18)7-10/h2-7,9,19-20,24H,8H2,1H3,(H,21,22). The molecule has 0 unspecified atom stereocenters. The van der Waals surface area contributed by atoms with E-state index < -0.39 is 0 Å². The Bertz CT molecular complexity index is 1010. The minimum absolute atomic E-state index is 0.00536. The highest BCUT2D eigenvalue weighted by atomic mass is 35.5. The molecule has 0 spiro atoms. The Balaban J connectivity index is 1.77. The number of phenols is 1. The van der Waals surface area contributed by atoms with Gasteiger partial charge in [-0.1, -0.05) is 35.1 Å². The van der Waals surface area contributed by atoms with Gasteiger partial charge in [0.15, 0.2) is 0 Å². The summed E-state index contributed by atoms with van der Waals surface area (Å²) < 4.78 is 6.44. The number of aromatic nitrogens is 2. The molecule has 7 nitrogen and oxygen atoms in total. The number of methoxy groups -OCH3 is 1. The minimum Gasteiger partial charge on any atom is -0.506 e. The van der Waals surface area contributed by atoms with Gasteiger partial charge >= 0.3 is 0 Å². The molecule has 0 saturated heterocycles. The average Bonchev–Trinajstić information content (AvgIpc) is 2.98. The van der Waals surface area contributed by atoms with Crippen molar-refractivity contribution in [3.8, 4) is 11.5 Å². The van der Waals surface area contributed by atoms with Crippen molar-refractivity contribution in [2.45, 2.75) is 6.42 Å². The third-order valence-corrected chi connectivity index (χ3v) is 4.58. The summed E-state index contributed by atoms with van der Waals surface area (Å²) in [5, 5.41) is 33.9. The summed E-state index contributed by atoms with van der Waals surface area (Å²) in [5.74, 6) is 0.836. The second-order valence-corrected chi connectivity index (χ2v) is 6.78.